The van der Waals surface area contributed by atoms with Gasteiger partial charge in [0, 0.05) is 42.4 Å². The van der Waals surface area contributed by atoms with Gasteiger partial charge in [0.15, 0.2) is 0 Å². The van der Waals surface area contributed by atoms with Gasteiger partial charge in [-0.3, -0.25) is 9.59 Å². The first kappa shape index (κ1) is 19.0. The van der Waals surface area contributed by atoms with Gasteiger partial charge in [-0.25, -0.2) is 9.97 Å². The van der Waals surface area contributed by atoms with Gasteiger partial charge in [-0.1, -0.05) is 30.3 Å². The Labute approximate surface area is 159 Å². The van der Waals surface area contributed by atoms with Crippen LogP contribution in [-0.4, -0.2) is 39.6 Å². The van der Waals surface area contributed by atoms with Crippen molar-refractivity contribution in [2.24, 2.45) is 5.92 Å². The first-order valence-corrected chi connectivity index (χ1v) is 9.38. The number of benzene rings is 1. The van der Waals surface area contributed by atoms with Gasteiger partial charge in [0.25, 0.3) is 0 Å². The molecule has 1 aromatic heterocycles. The zero-order valence-corrected chi connectivity index (χ0v) is 15.9. The molecule has 142 valence electrons. The molecule has 2 heterocycles. The van der Waals surface area contributed by atoms with E-state index in [-0.39, 0.29) is 30.0 Å². The third kappa shape index (κ3) is 4.70. The van der Waals surface area contributed by atoms with Gasteiger partial charge in [0.1, 0.15) is 5.78 Å². The quantitative estimate of drug-likeness (QED) is 0.877. The lowest BCUT2D eigenvalue weighted by Crippen LogP contribution is -2.43. The van der Waals surface area contributed by atoms with Crippen molar-refractivity contribution in [3.8, 4) is 0 Å². The van der Waals surface area contributed by atoms with Crippen molar-refractivity contribution in [2.75, 3.05) is 18.8 Å². The lowest BCUT2D eigenvalue weighted by Gasteiger charge is -2.32. The lowest BCUT2D eigenvalue weighted by molar-refractivity contribution is -0.134. The molecule has 2 aromatic rings. The van der Waals surface area contributed by atoms with E-state index in [4.69, 9.17) is 5.73 Å². The van der Waals surface area contributed by atoms with Crippen LogP contribution < -0.4 is 5.73 Å². The van der Waals surface area contributed by atoms with E-state index in [2.05, 4.69) is 9.97 Å². The van der Waals surface area contributed by atoms with Crippen molar-refractivity contribution in [1.82, 2.24) is 14.9 Å². The van der Waals surface area contributed by atoms with E-state index >= 15 is 0 Å². The number of Topliss-reactive ketones (excluding diaryl/α,β-unsaturated/α-hetero) is 1. The van der Waals surface area contributed by atoms with Crippen LogP contribution >= 0.6 is 0 Å². The fourth-order valence-electron chi connectivity index (χ4n) is 3.69. The average molecular weight is 366 g/mol. The van der Waals surface area contributed by atoms with Crippen LogP contribution in [-0.2, 0) is 22.4 Å². The van der Waals surface area contributed by atoms with E-state index in [9.17, 15) is 9.59 Å². The van der Waals surface area contributed by atoms with Gasteiger partial charge in [-0.05, 0) is 32.3 Å². The number of amides is 1. The maximum Gasteiger partial charge on any atom is 0.227 e. The number of carbonyl (C=O) groups excluding carboxylic acids is 2. The number of nitrogens with two attached hydrogens (primary N) is 1. The molecule has 1 amide bonds. The molecule has 1 aliphatic rings. The molecule has 1 unspecified atom stereocenters. The molecule has 0 saturated carbocycles. The highest BCUT2D eigenvalue weighted by molar-refractivity contribution is 5.85. The summed E-state index contributed by atoms with van der Waals surface area (Å²) in [5, 5.41) is 0. The number of hydrogen-bond acceptors (Lipinski definition) is 5. The zero-order valence-electron chi connectivity index (χ0n) is 15.9. The van der Waals surface area contributed by atoms with Crippen molar-refractivity contribution in [3.05, 3.63) is 52.8 Å². The second-order valence-corrected chi connectivity index (χ2v) is 7.22. The van der Waals surface area contributed by atoms with Gasteiger partial charge < -0.3 is 10.6 Å². The largest absolute Gasteiger partial charge is 0.368 e. The highest BCUT2D eigenvalue weighted by atomic mass is 16.2. The van der Waals surface area contributed by atoms with Crippen molar-refractivity contribution < 1.29 is 9.59 Å². The van der Waals surface area contributed by atoms with Gasteiger partial charge in [-0.2, -0.15) is 0 Å². The van der Waals surface area contributed by atoms with Crippen LogP contribution in [0.2, 0.25) is 0 Å². The van der Waals surface area contributed by atoms with Crippen molar-refractivity contribution in [1.29, 1.82) is 0 Å². The smallest absolute Gasteiger partial charge is 0.227 e. The highest BCUT2D eigenvalue weighted by Crippen LogP contribution is 2.21. The van der Waals surface area contributed by atoms with Crippen molar-refractivity contribution in [2.45, 2.75) is 39.5 Å². The highest BCUT2D eigenvalue weighted by Gasteiger charge is 2.28. The molecular formula is C21H26N4O2. The Hall–Kier alpha value is -2.76. The summed E-state index contributed by atoms with van der Waals surface area (Å²) in [6, 6.07) is 9.77. The molecule has 6 heteroatoms. The monoisotopic (exact) mass is 366 g/mol. The first-order chi connectivity index (χ1) is 12.9. The number of nitrogen functional groups attached to an aromatic ring is 1. The fraction of sp³-hybridized carbons (Fsp3) is 0.429. The molecule has 0 bridgehead atoms. The molecule has 1 aromatic carbocycles. The average Bonchev–Trinajstić information content (AvgIpc) is 2.65. The number of rotatable bonds is 5. The summed E-state index contributed by atoms with van der Waals surface area (Å²) in [6.07, 6.45) is 2.38. The third-order valence-electron chi connectivity index (χ3n) is 5.22. The summed E-state index contributed by atoms with van der Waals surface area (Å²) in [5.74, 6) is 0.368. The van der Waals surface area contributed by atoms with Gasteiger partial charge in [-0.15, -0.1) is 0 Å². The topological polar surface area (TPSA) is 89.2 Å². The zero-order chi connectivity index (χ0) is 19.4. The summed E-state index contributed by atoms with van der Waals surface area (Å²) >= 11 is 0. The lowest BCUT2D eigenvalue weighted by atomic mass is 9.90. The SMILES string of the molecule is Cc1nc(N)nc(C)c1CC(=O)N1CCCC(C(=O)Cc2ccccc2)C1. The number of carbonyl (C=O) groups is 2. The molecule has 0 aliphatic carbocycles. The van der Waals surface area contributed by atoms with Crippen LogP contribution in [0.1, 0.15) is 35.4 Å². The first-order valence-electron chi connectivity index (χ1n) is 9.38. The minimum Gasteiger partial charge on any atom is -0.368 e. The molecule has 27 heavy (non-hydrogen) atoms. The molecule has 2 N–H and O–H groups in total. The molecule has 1 saturated heterocycles. The number of hydrogen-bond donors (Lipinski definition) is 1. The molecule has 1 aliphatic heterocycles. The second kappa shape index (κ2) is 8.29. The van der Waals surface area contributed by atoms with Crippen LogP contribution in [0.5, 0.6) is 0 Å². The molecule has 0 radical (unpaired) electrons. The number of piperidine rings is 1. The van der Waals surface area contributed by atoms with E-state index < -0.39 is 0 Å². The van der Waals surface area contributed by atoms with E-state index in [0.717, 1.165) is 35.4 Å². The minimum absolute atomic E-state index is 0.0202. The summed E-state index contributed by atoms with van der Waals surface area (Å²) in [7, 11) is 0. The molecule has 1 fully saturated rings. The molecule has 3 rings (SSSR count). The van der Waals surface area contributed by atoms with E-state index in [1.165, 1.54) is 0 Å². The Kier molecular flexibility index (Phi) is 5.84. The normalized spacial score (nSPS) is 17.0. The number of nitrogens with zero attached hydrogens (tertiary/aromatic N) is 3. The standard InChI is InChI=1S/C21H26N4O2/c1-14-18(15(2)24-21(22)23-14)12-20(27)25-10-6-9-17(13-25)19(26)11-16-7-4-3-5-8-16/h3-5,7-8,17H,6,9-13H2,1-2H3,(H2,22,23,24). The summed E-state index contributed by atoms with van der Waals surface area (Å²) < 4.78 is 0. The number of aromatic nitrogens is 2. The molecular weight excluding hydrogens is 340 g/mol. The number of ketones is 1. The fourth-order valence-corrected chi connectivity index (χ4v) is 3.69. The molecule has 6 nitrogen and oxygen atoms in total. The third-order valence-corrected chi connectivity index (χ3v) is 5.22. The van der Waals surface area contributed by atoms with Crippen LogP contribution in [0.25, 0.3) is 0 Å². The van der Waals surface area contributed by atoms with E-state index in [1.807, 2.05) is 49.1 Å². The van der Waals surface area contributed by atoms with Gasteiger partial charge in [0.05, 0.1) is 6.42 Å². The molecule has 0 spiro atoms. The van der Waals surface area contributed by atoms with Gasteiger partial charge >= 0.3 is 0 Å². The predicted molar refractivity (Wildman–Crippen MR) is 104 cm³/mol. The van der Waals surface area contributed by atoms with Crippen molar-refractivity contribution >= 4 is 17.6 Å². The Morgan fingerprint density at radius 2 is 1.78 bits per heavy atom. The second-order valence-electron chi connectivity index (χ2n) is 7.22. The Morgan fingerprint density at radius 1 is 1.11 bits per heavy atom. The summed E-state index contributed by atoms with van der Waals surface area (Å²) in [5.41, 5.74) is 8.99. The van der Waals surface area contributed by atoms with Crippen LogP contribution in [0, 0.1) is 19.8 Å². The van der Waals surface area contributed by atoms with Crippen LogP contribution in [0.3, 0.4) is 0 Å². The minimum atomic E-state index is -0.0900. The Morgan fingerprint density at radius 3 is 2.44 bits per heavy atom. The van der Waals surface area contributed by atoms with Crippen LogP contribution in [0.15, 0.2) is 30.3 Å². The summed E-state index contributed by atoms with van der Waals surface area (Å²) in [4.78, 5) is 35.6. The summed E-state index contributed by atoms with van der Waals surface area (Å²) in [6.45, 7) is 4.88. The van der Waals surface area contributed by atoms with E-state index in [0.29, 0.717) is 19.5 Å². The van der Waals surface area contributed by atoms with Crippen LogP contribution in [0.4, 0.5) is 5.95 Å². The van der Waals surface area contributed by atoms with Crippen molar-refractivity contribution in [3.63, 3.8) is 0 Å². The molecule has 1 atom stereocenters. The predicted octanol–water partition coefficient (Wildman–Crippen LogP) is 2.27. The number of anilines is 1. The maximum atomic E-state index is 12.8. The Balaban J connectivity index is 1.64. The Bertz CT molecular complexity index is 812. The number of likely N-dealkylation sites (tertiary alicyclic amines) is 1. The van der Waals surface area contributed by atoms with E-state index in [1.54, 1.807) is 0 Å². The number of aryl methyl sites for hydroxylation is 2. The van der Waals surface area contributed by atoms with Gasteiger partial charge in [0.2, 0.25) is 11.9 Å². The maximum absolute atomic E-state index is 12.8.